The summed E-state index contributed by atoms with van der Waals surface area (Å²) in [6.45, 7) is 0. The zero-order valence-corrected chi connectivity index (χ0v) is 13.8. The Kier molecular flexibility index (Phi) is 3.91. The molecule has 0 aliphatic carbocycles. The third-order valence-corrected chi connectivity index (χ3v) is 4.02. The molecule has 3 rings (SSSR count). The first kappa shape index (κ1) is 14.1. The first-order valence-corrected chi connectivity index (χ1v) is 7.69. The Bertz CT molecular complexity index is 872. The summed E-state index contributed by atoms with van der Waals surface area (Å²) < 4.78 is 7.52. The Labute approximate surface area is 138 Å². The van der Waals surface area contributed by atoms with E-state index in [4.69, 9.17) is 4.74 Å². The average Bonchev–Trinajstić information content (AvgIpc) is 2.49. The first-order chi connectivity index (χ1) is 10.2. The van der Waals surface area contributed by atoms with Crippen molar-refractivity contribution in [1.29, 1.82) is 5.26 Å². The number of benzene rings is 2. The maximum Gasteiger partial charge on any atom is 0.237 e. The van der Waals surface area contributed by atoms with Gasteiger partial charge in [-0.2, -0.15) is 5.26 Å². The van der Waals surface area contributed by atoms with Crippen LogP contribution in [-0.2, 0) is 0 Å². The zero-order chi connectivity index (χ0) is 14.8. The van der Waals surface area contributed by atoms with Gasteiger partial charge in [0.05, 0.1) is 9.99 Å². The lowest BCUT2D eigenvalue weighted by Gasteiger charge is -2.09. The van der Waals surface area contributed by atoms with Crippen LogP contribution in [-0.4, -0.2) is 4.98 Å². The van der Waals surface area contributed by atoms with E-state index >= 15 is 0 Å². The molecule has 0 N–H and O–H groups in total. The van der Waals surface area contributed by atoms with Gasteiger partial charge in [0.25, 0.3) is 0 Å². The van der Waals surface area contributed by atoms with Crippen molar-refractivity contribution in [2.24, 2.45) is 0 Å². The van der Waals surface area contributed by atoms with Gasteiger partial charge >= 0.3 is 0 Å². The second-order valence-corrected chi connectivity index (χ2v) is 6.09. The molecule has 5 heteroatoms. The third kappa shape index (κ3) is 2.92. The van der Waals surface area contributed by atoms with Gasteiger partial charge in [-0.15, -0.1) is 0 Å². The molecule has 0 bridgehead atoms. The van der Waals surface area contributed by atoms with Gasteiger partial charge in [0, 0.05) is 9.86 Å². The number of halogens is 2. The minimum Gasteiger partial charge on any atom is -0.436 e. The average molecular weight is 404 g/mol. The lowest BCUT2D eigenvalue weighted by molar-refractivity contribution is 0.460. The Hall–Kier alpha value is -1.90. The number of fused-ring (bicyclic) bond motifs is 1. The highest BCUT2D eigenvalue weighted by Crippen LogP contribution is 2.33. The molecule has 3 aromatic rings. The molecule has 102 valence electrons. The highest BCUT2D eigenvalue weighted by molar-refractivity contribution is 9.11. The molecule has 0 saturated heterocycles. The first-order valence-electron chi connectivity index (χ1n) is 6.10. The van der Waals surface area contributed by atoms with Crippen LogP contribution in [0.1, 0.15) is 5.56 Å². The Morgan fingerprint density at radius 3 is 2.62 bits per heavy atom. The number of para-hydroxylation sites is 1. The monoisotopic (exact) mass is 402 g/mol. The van der Waals surface area contributed by atoms with Crippen LogP contribution >= 0.6 is 31.9 Å². The Morgan fingerprint density at radius 1 is 1.05 bits per heavy atom. The van der Waals surface area contributed by atoms with E-state index in [9.17, 15) is 5.26 Å². The predicted octanol–water partition coefficient (Wildman–Crippen LogP) is 5.42. The maximum absolute atomic E-state index is 9.28. The van der Waals surface area contributed by atoms with E-state index in [1.807, 2.05) is 42.5 Å². The molecule has 1 aromatic heterocycles. The standard InChI is InChI=1S/C16H8Br2N2O/c17-12-5-6-15(13(18)8-12)21-16-11(9-19)7-10-3-1-2-4-14(10)20-16/h1-8H. The Balaban J connectivity index is 2.09. The Morgan fingerprint density at radius 2 is 1.86 bits per heavy atom. The highest BCUT2D eigenvalue weighted by atomic mass is 79.9. The van der Waals surface area contributed by atoms with Crippen molar-refractivity contribution >= 4 is 42.8 Å². The molecule has 0 atom stereocenters. The summed E-state index contributed by atoms with van der Waals surface area (Å²) in [7, 11) is 0. The van der Waals surface area contributed by atoms with Crippen molar-refractivity contribution in [3.63, 3.8) is 0 Å². The van der Waals surface area contributed by atoms with Crippen LogP contribution in [0.25, 0.3) is 10.9 Å². The predicted molar refractivity (Wildman–Crippen MR) is 88.4 cm³/mol. The minimum atomic E-state index is 0.305. The number of nitriles is 1. The molecule has 0 radical (unpaired) electrons. The second kappa shape index (κ2) is 5.84. The van der Waals surface area contributed by atoms with Crippen LogP contribution in [0.2, 0.25) is 0 Å². The van der Waals surface area contributed by atoms with Gasteiger partial charge in [0.2, 0.25) is 5.88 Å². The number of aromatic nitrogens is 1. The molecule has 0 saturated carbocycles. The molecule has 0 amide bonds. The van der Waals surface area contributed by atoms with E-state index in [0.29, 0.717) is 17.2 Å². The summed E-state index contributed by atoms with van der Waals surface area (Å²) in [5.41, 5.74) is 1.20. The normalized spacial score (nSPS) is 10.3. The van der Waals surface area contributed by atoms with Crippen LogP contribution < -0.4 is 4.74 Å². The smallest absolute Gasteiger partial charge is 0.237 e. The molecule has 21 heavy (non-hydrogen) atoms. The molecule has 0 spiro atoms. The maximum atomic E-state index is 9.28. The third-order valence-electron chi connectivity index (χ3n) is 2.91. The summed E-state index contributed by atoms with van der Waals surface area (Å²) >= 11 is 6.82. The second-order valence-electron chi connectivity index (χ2n) is 4.32. The molecule has 1 heterocycles. The number of nitrogens with zero attached hydrogens (tertiary/aromatic N) is 2. The van der Waals surface area contributed by atoms with Gasteiger partial charge in [-0.3, -0.25) is 0 Å². The highest BCUT2D eigenvalue weighted by Gasteiger charge is 2.11. The number of hydrogen-bond acceptors (Lipinski definition) is 3. The molecular weight excluding hydrogens is 396 g/mol. The fourth-order valence-corrected chi connectivity index (χ4v) is 3.05. The fraction of sp³-hybridized carbons (Fsp3) is 0. The molecule has 0 aliphatic heterocycles. The van der Waals surface area contributed by atoms with E-state index in [2.05, 4.69) is 42.9 Å². The van der Waals surface area contributed by atoms with E-state index in [-0.39, 0.29) is 0 Å². The van der Waals surface area contributed by atoms with E-state index < -0.39 is 0 Å². The van der Waals surface area contributed by atoms with Crippen molar-refractivity contribution in [1.82, 2.24) is 4.98 Å². The zero-order valence-electron chi connectivity index (χ0n) is 10.7. The van der Waals surface area contributed by atoms with E-state index in [1.54, 1.807) is 6.07 Å². The van der Waals surface area contributed by atoms with E-state index in [1.165, 1.54) is 0 Å². The van der Waals surface area contributed by atoms with Gasteiger partial charge in [0.15, 0.2) is 0 Å². The molecule has 3 nitrogen and oxygen atoms in total. The molecular formula is C16H8Br2N2O. The van der Waals surface area contributed by atoms with Gasteiger partial charge in [-0.25, -0.2) is 4.98 Å². The lowest BCUT2D eigenvalue weighted by Crippen LogP contribution is -1.93. The summed E-state index contributed by atoms with van der Waals surface area (Å²) in [6.07, 6.45) is 0. The minimum absolute atomic E-state index is 0.305. The van der Waals surface area contributed by atoms with Gasteiger partial charge in [-0.05, 0) is 46.3 Å². The lowest BCUT2D eigenvalue weighted by atomic mass is 10.1. The molecule has 0 unspecified atom stereocenters. The summed E-state index contributed by atoms with van der Waals surface area (Å²) in [5, 5.41) is 10.2. The van der Waals surface area contributed by atoms with Crippen LogP contribution in [0.5, 0.6) is 11.6 Å². The summed E-state index contributed by atoms with van der Waals surface area (Å²) in [6, 6.07) is 17.1. The number of ether oxygens (including phenoxy) is 1. The summed E-state index contributed by atoms with van der Waals surface area (Å²) in [5.74, 6) is 0.914. The molecule has 0 aliphatic rings. The van der Waals surface area contributed by atoms with Crippen LogP contribution in [0.4, 0.5) is 0 Å². The van der Waals surface area contributed by atoms with Crippen molar-refractivity contribution in [2.75, 3.05) is 0 Å². The van der Waals surface area contributed by atoms with Gasteiger partial charge < -0.3 is 4.74 Å². The molecule has 2 aromatic carbocycles. The molecule has 0 fully saturated rings. The largest absolute Gasteiger partial charge is 0.436 e. The van der Waals surface area contributed by atoms with Crippen molar-refractivity contribution in [3.8, 4) is 17.7 Å². The van der Waals surface area contributed by atoms with Crippen molar-refractivity contribution in [3.05, 3.63) is 63.0 Å². The van der Waals surface area contributed by atoms with Crippen molar-refractivity contribution in [2.45, 2.75) is 0 Å². The summed E-state index contributed by atoms with van der Waals surface area (Å²) in [4.78, 5) is 4.43. The SMILES string of the molecule is N#Cc1cc2ccccc2nc1Oc1ccc(Br)cc1Br. The fourth-order valence-electron chi connectivity index (χ4n) is 1.92. The van der Waals surface area contributed by atoms with Crippen LogP contribution in [0, 0.1) is 11.3 Å². The van der Waals surface area contributed by atoms with Crippen LogP contribution in [0.15, 0.2) is 57.5 Å². The quantitative estimate of drug-likeness (QED) is 0.573. The van der Waals surface area contributed by atoms with Crippen molar-refractivity contribution < 1.29 is 4.74 Å². The number of rotatable bonds is 2. The number of pyridine rings is 1. The van der Waals surface area contributed by atoms with E-state index in [0.717, 1.165) is 19.8 Å². The number of hydrogen-bond donors (Lipinski definition) is 0. The van der Waals surface area contributed by atoms with Crippen LogP contribution in [0.3, 0.4) is 0 Å². The topological polar surface area (TPSA) is 45.9 Å². The van der Waals surface area contributed by atoms with Gasteiger partial charge in [-0.1, -0.05) is 34.1 Å². The van der Waals surface area contributed by atoms with Gasteiger partial charge in [0.1, 0.15) is 17.4 Å².